The van der Waals surface area contributed by atoms with E-state index in [1.54, 1.807) is 0 Å². The number of rotatable bonds is 5. The lowest BCUT2D eigenvalue weighted by Crippen LogP contribution is -2.24. The summed E-state index contributed by atoms with van der Waals surface area (Å²) in [6, 6.07) is 18.3. The van der Waals surface area contributed by atoms with Crippen molar-refractivity contribution in [2.24, 2.45) is 0 Å². The third-order valence-electron chi connectivity index (χ3n) is 4.52. The first-order valence-electron chi connectivity index (χ1n) is 8.93. The van der Waals surface area contributed by atoms with Gasteiger partial charge in [-0.25, -0.2) is 4.98 Å². The molecule has 4 rings (SSSR count). The molecule has 0 N–H and O–H groups in total. The number of fused-ring (bicyclic) bond motifs is 3. The van der Waals surface area contributed by atoms with E-state index in [0.717, 1.165) is 47.0 Å². The van der Waals surface area contributed by atoms with E-state index in [0.29, 0.717) is 0 Å². The summed E-state index contributed by atoms with van der Waals surface area (Å²) in [4.78, 5) is 7.06. The van der Waals surface area contributed by atoms with E-state index in [2.05, 4.69) is 57.6 Å². The van der Waals surface area contributed by atoms with Crippen molar-refractivity contribution in [3.63, 3.8) is 0 Å². The molecule has 0 fully saturated rings. The summed E-state index contributed by atoms with van der Waals surface area (Å²) in [7, 11) is 0. The van der Waals surface area contributed by atoms with Gasteiger partial charge < -0.3 is 4.90 Å². The molecule has 0 saturated carbocycles. The highest BCUT2D eigenvalue weighted by atomic mass is 15.3. The van der Waals surface area contributed by atoms with Gasteiger partial charge in [0.15, 0.2) is 11.6 Å². The maximum Gasteiger partial charge on any atom is 0.204 e. The van der Waals surface area contributed by atoms with Crippen molar-refractivity contribution in [1.82, 2.24) is 19.6 Å². The Labute approximate surface area is 152 Å². The van der Waals surface area contributed by atoms with Crippen LogP contribution in [0.2, 0.25) is 0 Å². The van der Waals surface area contributed by atoms with Gasteiger partial charge in [0.2, 0.25) is 5.65 Å². The Bertz CT molecular complexity index is 1060. The molecular weight excluding hydrogens is 322 g/mol. The fourth-order valence-corrected chi connectivity index (χ4v) is 3.17. The second-order valence-electron chi connectivity index (χ2n) is 6.06. The van der Waals surface area contributed by atoms with Gasteiger partial charge in [-0.3, -0.25) is 4.40 Å². The maximum absolute atomic E-state index is 4.86. The molecule has 2 heterocycles. The zero-order valence-corrected chi connectivity index (χ0v) is 15.0. The van der Waals surface area contributed by atoms with Crippen molar-refractivity contribution in [2.75, 3.05) is 18.0 Å². The van der Waals surface area contributed by atoms with Crippen LogP contribution in [0.5, 0.6) is 0 Å². The van der Waals surface area contributed by atoms with Crippen LogP contribution in [0.25, 0.3) is 28.8 Å². The van der Waals surface area contributed by atoms with Gasteiger partial charge in [0, 0.05) is 13.1 Å². The minimum atomic E-state index is 0.792. The van der Waals surface area contributed by atoms with Crippen molar-refractivity contribution in [1.29, 1.82) is 0 Å². The minimum Gasteiger partial charge on any atom is -0.354 e. The highest BCUT2D eigenvalue weighted by Gasteiger charge is 2.16. The summed E-state index contributed by atoms with van der Waals surface area (Å²) in [5.41, 5.74) is 3.87. The van der Waals surface area contributed by atoms with E-state index >= 15 is 0 Å². The van der Waals surface area contributed by atoms with E-state index in [1.165, 1.54) is 0 Å². The van der Waals surface area contributed by atoms with Gasteiger partial charge in [-0.1, -0.05) is 48.5 Å². The van der Waals surface area contributed by atoms with E-state index in [1.807, 2.05) is 42.5 Å². The molecule has 0 spiro atoms. The lowest BCUT2D eigenvalue weighted by molar-refractivity contribution is 0.848. The van der Waals surface area contributed by atoms with Gasteiger partial charge in [-0.15, -0.1) is 10.2 Å². The quantitative estimate of drug-likeness (QED) is 0.542. The molecule has 0 aliphatic rings. The molecule has 0 aliphatic heterocycles. The van der Waals surface area contributed by atoms with Crippen LogP contribution in [0.1, 0.15) is 25.2 Å². The summed E-state index contributed by atoms with van der Waals surface area (Å²) < 4.78 is 2.09. The lowest BCUT2D eigenvalue weighted by atomic mass is 10.2. The van der Waals surface area contributed by atoms with Crippen LogP contribution in [-0.4, -0.2) is 32.7 Å². The van der Waals surface area contributed by atoms with Gasteiger partial charge in [0.05, 0.1) is 11.0 Å². The number of hydrogen-bond donors (Lipinski definition) is 0. The molecule has 0 atom stereocenters. The molecule has 5 heteroatoms. The Morgan fingerprint density at radius 3 is 2.38 bits per heavy atom. The Kier molecular flexibility index (Phi) is 4.35. The zero-order valence-electron chi connectivity index (χ0n) is 15.0. The first-order chi connectivity index (χ1) is 12.8. The van der Waals surface area contributed by atoms with Gasteiger partial charge in [0.1, 0.15) is 0 Å². The average molecular weight is 343 g/mol. The largest absolute Gasteiger partial charge is 0.354 e. The van der Waals surface area contributed by atoms with Crippen LogP contribution >= 0.6 is 0 Å². The normalized spacial score (nSPS) is 11.6. The van der Waals surface area contributed by atoms with E-state index < -0.39 is 0 Å². The molecule has 4 aromatic rings. The fraction of sp³-hybridized carbons (Fsp3) is 0.190. The van der Waals surface area contributed by atoms with E-state index in [4.69, 9.17) is 4.98 Å². The molecule has 2 aromatic heterocycles. The van der Waals surface area contributed by atoms with E-state index in [-0.39, 0.29) is 0 Å². The van der Waals surface area contributed by atoms with Crippen molar-refractivity contribution in [2.45, 2.75) is 13.8 Å². The Morgan fingerprint density at radius 1 is 0.885 bits per heavy atom. The topological polar surface area (TPSA) is 46.3 Å². The summed E-state index contributed by atoms with van der Waals surface area (Å²) in [5.74, 6) is 1.68. The number of benzene rings is 2. The lowest BCUT2D eigenvalue weighted by Gasteiger charge is -2.20. The van der Waals surface area contributed by atoms with E-state index in [9.17, 15) is 0 Å². The Morgan fingerprint density at radius 2 is 1.62 bits per heavy atom. The smallest absolute Gasteiger partial charge is 0.204 e. The van der Waals surface area contributed by atoms with Crippen LogP contribution in [-0.2, 0) is 0 Å². The molecule has 0 amide bonds. The van der Waals surface area contributed by atoms with Gasteiger partial charge >= 0.3 is 0 Å². The van der Waals surface area contributed by atoms with Crippen LogP contribution in [0.3, 0.4) is 0 Å². The molecule has 5 nitrogen and oxygen atoms in total. The van der Waals surface area contributed by atoms with Gasteiger partial charge in [-0.05, 0) is 37.6 Å². The molecule has 130 valence electrons. The molecular formula is C21H21N5. The molecule has 0 unspecified atom stereocenters. The maximum atomic E-state index is 4.86. The summed E-state index contributed by atoms with van der Waals surface area (Å²) >= 11 is 0. The van der Waals surface area contributed by atoms with Crippen LogP contribution in [0.15, 0.2) is 54.6 Å². The summed E-state index contributed by atoms with van der Waals surface area (Å²) in [5, 5.41) is 8.89. The highest BCUT2D eigenvalue weighted by molar-refractivity contribution is 5.84. The van der Waals surface area contributed by atoms with Gasteiger partial charge in [0.25, 0.3) is 0 Å². The van der Waals surface area contributed by atoms with Crippen molar-refractivity contribution >= 4 is 34.7 Å². The third-order valence-corrected chi connectivity index (χ3v) is 4.52. The molecule has 0 aliphatic carbocycles. The molecule has 0 radical (unpaired) electrons. The van der Waals surface area contributed by atoms with Crippen LogP contribution < -0.4 is 4.90 Å². The minimum absolute atomic E-state index is 0.792. The molecule has 2 aromatic carbocycles. The summed E-state index contributed by atoms with van der Waals surface area (Å²) in [6.07, 6.45) is 4.07. The predicted molar refractivity (Wildman–Crippen MR) is 107 cm³/mol. The number of hydrogen-bond acceptors (Lipinski definition) is 4. The van der Waals surface area contributed by atoms with Crippen molar-refractivity contribution < 1.29 is 0 Å². The third kappa shape index (κ3) is 2.81. The second-order valence-corrected chi connectivity index (χ2v) is 6.06. The molecule has 26 heavy (non-hydrogen) atoms. The number of aromatic nitrogens is 4. The predicted octanol–water partition coefficient (Wildman–Crippen LogP) is 4.29. The first-order valence-corrected chi connectivity index (χ1v) is 8.93. The van der Waals surface area contributed by atoms with Gasteiger partial charge in [-0.2, -0.15) is 0 Å². The number of para-hydroxylation sites is 2. The average Bonchev–Trinajstić information content (AvgIpc) is 3.12. The molecule has 0 bridgehead atoms. The van der Waals surface area contributed by atoms with Crippen molar-refractivity contribution in [3.05, 3.63) is 66.0 Å². The van der Waals surface area contributed by atoms with Crippen molar-refractivity contribution in [3.8, 4) is 0 Å². The summed E-state index contributed by atoms with van der Waals surface area (Å²) in [6.45, 7) is 6.01. The fourth-order valence-electron chi connectivity index (χ4n) is 3.17. The number of nitrogens with zero attached hydrogens (tertiary/aromatic N) is 5. The SMILES string of the molecule is CCN(CC)c1nc2ccccc2n2c(/C=C/c3ccccc3)nnc12. The van der Waals surface area contributed by atoms with Crippen LogP contribution in [0, 0.1) is 0 Å². The highest BCUT2D eigenvalue weighted by Crippen LogP contribution is 2.25. The standard InChI is InChI=1S/C21H21N5/c1-3-25(4-2)20-21-24-23-19(15-14-16-10-6-5-7-11-16)26(21)18-13-9-8-12-17(18)22-20/h5-15H,3-4H2,1-2H3/b15-14+. The molecule has 0 saturated heterocycles. The second kappa shape index (κ2) is 6.96. The Hall–Kier alpha value is -3.21. The zero-order chi connectivity index (χ0) is 17.9. The van der Waals surface area contributed by atoms with Crippen LogP contribution in [0.4, 0.5) is 5.82 Å². The number of anilines is 1. The Balaban J connectivity index is 1.94. The first kappa shape index (κ1) is 16.3. The monoisotopic (exact) mass is 343 g/mol.